The predicted octanol–water partition coefficient (Wildman–Crippen LogP) is 4.13. The van der Waals surface area contributed by atoms with Gasteiger partial charge in [0, 0.05) is 23.3 Å². The quantitative estimate of drug-likeness (QED) is 0.332. The van der Waals surface area contributed by atoms with Gasteiger partial charge in [-0.2, -0.15) is 9.97 Å². The molecule has 10 nitrogen and oxygen atoms in total. The average molecular weight is 551 g/mol. The molecule has 172 valence electrons. The summed E-state index contributed by atoms with van der Waals surface area (Å²) in [6.07, 6.45) is 1.71. The molecule has 2 N–H and O–H groups in total. The van der Waals surface area contributed by atoms with Crippen molar-refractivity contribution < 1.29 is 17.9 Å². The van der Waals surface area contributed by atoms with Crippen LogP contribution in [0, 0.1) is 0 Å². The molecular formula is C20H19BrN6O4S2. The zero-order valence-electron chi connectivity index (χ0n) is 17.4. The van der Waals surface area contributed by atoms with Crippen LogP contribution in [-0.2, 0) is 10.0 Å². The number of aromatic nitrogens is 4. The predicted molar refractivity (Wildman–Crippen MR) is 131 cm³/mol. The smallest absolute Gasteiger partial charge is 0.321 e. The van der Waals surface area contributed by atoms with Crippen molar-refractivity contribution in [2.24, 2.45) is 0 Å². The fourth-order valence-electron chi connectivity index (χ4n) is 2.65. The van der Waals surface area contributed by atoms with Crippen molar-refractivity contribution in [1.82, 2.24) is 19.9 Å². The van der Waals surface area contributed by atoms with Gasteiger partial charge in [-0.15, -0.1) is 28.3 Å². The lowest BCUT2D eigenvalue weighted by Crippen LogP contribution is -2.14. The van der Waals surface area contributed by atoms with Gasteiger partial charge >= 0.3 is 6.01 Å². The molecule has 3 heterocycles. The van der Waals surface area contributed by atoms with Gasteiger partial charge in [-0.3, -0.25) is 9.71 Å². The molecule has 0 aliphatic heterocycles. The second-order valence-electron chi connectivity index (χ2n) is 6.29. The minimum atomic E-state index is -3.89. The molecule has 0 bridgehead atoms. The summed E-state index contributed by atoms with van der Waals surface area (Å²) in [5.74, 6) is 0.198. The summed E-state index contributed by atoms with van der Waals surface area (Å²) in [4.78, 5) is 16.8. The molecule has 0 radical (unpaired) electrons. The summed E-state index contributed by atoms with van der Waals surface area (Å²) >= 11 is 1.43. The topological polar surface area (TPSA) is 128 Å². The number of hydrogen-bond acceptors (Lipinski definition) is 10. The first-order valence-corrected chi connectivity index (χ1v) is 11.6. The van der Waals surface area contributed by atoms with Crippen LogP contribution in [0.15, 0.2) is 65.0 Å². The van der Waals surface area contributed by atoms with Gasteiger partial charge < -0.3 is 14.8 Å². The third-order valence-electron chi connectivity index (χ3n) is 4.16. The van der Waals surface area contributed by atoms with Crippen LogP contribution < -0.4 is 19.5 Å². The Morgan fingerprint density at radius 3 is 2.39 bits per heavy atom. The summed E-state index contributed by atoms with van der Waals surface area (Å²) in [5.41, 5.74) is 2.23. The molecule has 0 unspecified atom stereocenters. The number of ether oxygens (including phenoxy) is 2. The summed E-state index contributed by atoms with van der Waals surface area (Å²) in [7, 11) is -1.10. The maximum Gasteiger partial charge on any atom is 0.321 e. The van der Waals surface area contributed by atoms with E-state index in [1.54, 1.807) is 18.3 Å². The molecule has 0 fully saturated rings. The normalized spacial score (nSPS) is 10.7. The van der Waals surface area contributed by atoms with Crippen LogP contribution >= 0.6 is 28.3 Å². The molecule has 0 saturated carbocycles. The SMILES string of the molecule is Br.COc1cc(NS(=O)(=O)c2ccc(Nc3nc(-c4ccccn4)cs3)cc2)nc(OC)n1. The highest BCUT2D eigenvalue weighted by Crippen LogP contribution is 2.27. The molecule has 4 rings (SSSR count). The van der Waals surface area contributed by atoms with Crippen molar-refractivity contribution >= 4 is 55.0 Å². The van der Waals surface area contributed by atoms with Gasteiger partial charge in [0.25, 0.3) is 10.0 Å². The summed E-state index contributed by atoms with van der Waals surface area (Å²) in [6.45, 7) is 0. The first kappa shape index (κ1) is 24.4. The van der Waals surface area contributed by atoms with E-state index in [1.165, 1.54) is 43.8 Å². The molecule has 0 amide bonds. The van der Waals surface area contributed by atoms with Crippen LogP contribution in [0.2, 0.25) is 0 Å². The standard InChI is InChI=1S/C20H18N6O4S2.BrH/c1-29-18-11-17(24-19(25-18)30-2)26-32(27,28)14-8-6-13(7-9-14)22-20-23-16(12-31-20)15-5-3-4-10-21-15;/h3-12H,1-2H3,(H,22,23)(H,24,25,26);1H. The number of pyridine rings is 1. The number of thiazole rings is 1. The van der Waals surface area contributed by atoms with Gasteiger partial charge in [-0.05, 0) is 36.4 Å². The minimum Gasteiger partial charge on any atom is -0.481 e. The van der Waals surface area contributed by atoms with E-state index in [-0.39, 0.29) is 39.6 Å². The Bertz CT molecular complexity index is 1300. The fourth-order valence-corrected chi connectivity index (χ4v) is 4.37. The Labute approximate surface area is 204 Å². The van der Waals surface area contributed by atoms with Crippen LogP contribution in [0.25, 0.3) is 11.4 Å². The van der Waals surface area contributed by atoms with Crippen LogP contribution in [0.4, 0.5) is 16.6 Å². The first-order valence-electron chi connectivity index (χ1n) is 9.21. The highest BCUT2D eigenvalue weighted by atomic mass is 79.9. The van der Waals surface area contributed by atoms with E-state index in [0.29, 0.717) is 10.8 Å². The Kier molecular flexibility index (Phi) is 7.79. The van der Waals surface area contributed by atoms with Crippen LogP contribution in [-0.4, -0.2) is 42.6 Å². The van der Waals surface area contributed by atoms with E-state index in [0.717, 1.165) is 11.4 Å². The molecule has 4 aromatic rings. The Hall–Kier alpha value is -3.29. The second-order valence-corrected chi connectivity index (χ2v) is 8.83. The lowest BCUT2D eigenvalue weighted by atomic mass is 10.3. The second kappa shape index (κ2) is 10.6. The Morgan fingerprint density at radius 2 is 1.73 bits per heavy atom. The van der Waals surface area contributed by atoms with Gasteiger partial charge in [-0.1, -0.05) is 6.07 Å². The molecule has 0 saturated heterocycles. The number of hydrogen-bond donors (Lipinski definition) is 2. The third-order valence-corrected chi connectivity index (χ3v) is 6.29. The largest absolute Gasteiger partial charge is 0.481 e. The van der Waals surface area contributed by atoms with Crippen LogP contribution in [0.5, 0.6) is 11.9 Å². The van der Waals surface area contributed by atoms with Crippen molar-refractivity contribution in [3.63, 3.8) is 0 Å². The highest BCUT2D eigenvalue weighted by molar-refractivity contribution is 8.93. The van der Waals surface area contributed by atoms with Gasteiger partial charge in [-0.25, -0.2) is 13.4 Å². The number of methoxy groups -OCH3 is 2. The third kappa shape index (κ3) is 5.94. The Balaban J connectivity index is 0.00000306. The molecule has 1 aromatic carbocycles. The van der Waals surface area contributed by atoms with Gasteiger partial charge in [0.1, 0.15) is 5.69 Å². The molecule has 0 aliphatic carbocycles. The van der Waals surface area contributed by atoms with E-state index in [1.807, 2.05) is 23.6 Å². The van der Waals surface area contributed by atoms with Crippen molar-refractivity contribution in [2.45, 2.75) is 4.90 Å². The van der Waals surface area contributed by atoms with Crippen LogP contribution in [0.1, 0.15) is 0 Å². The van der Waals surface area contributed by atoms with Gasteiger partial charge in [0.2, 0.25) is 5.88 Å². The number of sulfonamides is 1. The van der Waals surface area contributed by atoms with E-state index in [2.05, 4.69) is 30.0 Å². The molecule has 0 atom stereocenters. The summed E-state index contributed by atoms with van der Waals surface area (Å²) in [5, 5.41) is 5.73. The van der Waals surface area contributed by atoms with E-state index in [9.17, 15) is 8.42 Å². The average Bonchev–Trinajstić information content (AvgIpc) is 3.28. The van der Waals surface area contributed by atoms with Crippen molar-refractivity contribution in [2.75, 3.05) is 24.3 Å². The first-order chi connectivity index (χ1) is 15.5. The van der Waals surface area contributed by atoms with Crippen molar-refractivity contribution in [1.29, 1.82) is 0 Å². The number of nitrogens with zero attached hydrogens (tertiary/aromatic N) is 4. The summed E-state index contributed by atoms with van der Waals surface area (Å²) in [6, 6.07) is 13.2. The highest BCUT2D eigenvalue weighted by Gasteiger charge is 2.17. The van der Waals surface area contributed by atoms with E-state index in [4.69, 9.17) is 9.47 Å². The Morgan fingerprint density at radius 1 is 0.939 bits per heavy atom. The zero-order valence-corrected chi connectivity index (χ0v) is 20.8. The molecule has 0 aliphatic rings. The number of rotatable bonds is 8. The summed E-state index contributed by atoms with van der Waals surface area (Å²) < 4.78 is 37.9. The molecular weight excluding hydrogens is 532 g/mol. The molecule has 13 heteroatoms. The number of halogens is 1. The fraction of sp³-hybridized carbons (Fsp3) is 0.100. The zero-order chi connectivity index (χ0) is 22.6. The maximum atomic E-state index is 12.7. The molecule has 3 aromatic heterocycles. The monoisotopic (exact) mass is 550 g/mol. The minimum absolute atomic E-state index is 0. The van der Waals surface area contributed by atoms with Crippen LogP contribution in [0.3, 0.4) is 0 Å². The van der Waals surface area contributed by atoms with Gasteiger partial charge in [0.15, 0.2) is 10.9 Å². The lowest BCUT2D eigenvalue weighted by Gasteiger charge is -2.10. The number of benzene rings is 1. The molecule has 0 spiro atoms. The van der Waals surface area contributed by atoms with Gasteiger partial charge in [0.05, 0.1) is 24.8 Å². The van der Waals surface area contributed by atoms with Crippen molar-refractivity contribution in [3.05, 3.63) is 60.1 Å². The number of anilines is 3. The van der Waals surface area contributed by atoms with Crippen molar-refractivity contribution in [3.8, 4) is 23.3 Å². The molecule has 33 heavy (non-hydrogen) atoms. The lowest BCUT2D eigenvalue weighted by molar-refractivity contribution is 0.353. The maximum absolute atomic E-state index is 12.7. The number of nitrogens with one attached hydrogen (secondary N) is 2. The van der Waals surface area contributed by atoms with E-state index < -0.39 is 10.0 Å². The van der Waals surface area contributed by atoms with E-state index >= 15 is 0 Å².